The molecular formula is C26H56N2. The lowest BCUT2D eigenvalue weighted by Gasteiger charge is -2.16. The molecule has 1 unspecified atom stereocenters. The SMILES string of the molecule is CCCCCCCCCCCCNC(CN)CCCCCCCCCCCC. The fourth-order valence-electron chi connectivity index (χ4n) is 4.10. The predicted molar refractivity (Wildman–Crippen MR) is 129 cm³/mol. The summed E-state index contributed by atoms with van der Waals surface area (Å²) in [7, 11) is 0. The van der Waals surface area contributed by atoms with Crippen LogP contribution in [-0.4, -0.2) is 19.1 Å². The van der Waals surface area contributed by atoms with Crippen LogP contribution in [0.3, 0.4) is 0 Å². The second kappa shape index (κ2) is 25.0. The predicted octanol–water partition coefficient (Wildman–Crippen LogP) is 8.14. The summed E-state index contributed by atoms with van der Waals surface area (Å²) in [4.78, 5) is 0. The minimum atomic E-state index is 0.549. The third kappa shape index (κ3) is 22.2. The van der Waals surface area contributed by atoms with Gasteiger partial charge in [0.1, 0.15) is 0 Å². The highest BCUT2D eigenvalue weighted by Gasteiger charge is 2.05. The third-order valence-corrected chi connectivity index (χ3v) is 6.15. The average Bonchev–Trinajstić information content (AvgIpc) is 2.71. The van der Waals surface area contributed by atoms with E-state index in [1.807, 2.05) is 0 Å². The molecule has 3 N–H and O–H groups in total. The molecule has 0 bridgehead atoms. The first-order chi connectivity index (χ1) is 13.8. The van der Waals surface area contributed by atoms with Crippen molar-refractivity contribution in [2.75, 3.05) is 13.1 Å². The van der Waals surface area contributed by atoms with E-state index in [0.29, 0.717) is 6.04 Å². The standard InChI is InChI=1S/C26H56N2/c1-3-5-7-9-11-13-15-17-19-21-23-26(25-27)28-24-22-20-18-16-14-12-10-8-6-4-2/h26,28H,3-25,27H2,1-2H3. The highest BCUT2D eigenvalue weighted by atomic mass is 14.9. The first-order valence-corrected chi connectivity index (χ1v) is 13.3. The van der Waals surface area contributed by atoms with Gasteiger partial charge in [0.2, 0.25) is 0 Å². The van der Waals surface area contributed by atoms with E-state index in [0.717, 1.165) is 13.1 Å². The Labute approximate surface area is 179 Å². The van der Waals surface area contributed by atoms with Crippen LogP contribution in [-0.2, 0) is 0 Å². The van der Waals surface area contributed by atoms with Gasteiger partial charge in [0, 0.05) is 12.6 Å². The second-order valence-corrected chi connectivity index (χ2v) is 9.04. The maximum atomic E-state index is 5.96. The molecule has 0 radical (unpaired) electrons. The third-order valence-electron chi connectivity index (χ3n) is 6.15. The lowest BCUT2D eigenvalue weighted by Crippen LogP contribution is -2.36. The second-order valence-electron chi connectivity index (χ2n) is 9.04. The molecule has 0 heterocycles. The summed E-state index contributed by atoms with van der Waals surface area (Å²) in [5.74, 6) is 0. The Morgan fingerprint density at radius 1 is 0.500 bits per heavy atom. The summed E-state index contributed by atoms with van der Waals surface area (Å²) in [6, 6.07) is 0.549. The van der Waals surface area contributed by atoms with Crippen LogP contribution in [0.4, 0.5) is 0 Å². The molecule has 0 rings (SSSR count). The summed E-state index contributed by atoms with van der Waals surface area (Å²) < 4.78 is 0. The van der Waals surface area contributed by atoms with Crippen molar-refractivity contribution in [3.63, 3.8) is 0 Å². The Morgan fingerprint density at radius 3 is 1.25 bits per heavy atom. The Kier molecular flexibility index (Phi) is 24.9. The van der Waals surface area contributed by atoms with Gasteiger partial charge >= 0.3 is 0 Å². The van der Waals surface area contributed by atoms with E-state index in [1.165, 1.54) is 135 Å². The van der Waals surface area contributed by atoms with E-state index in [9.17, 15) is 0 Å². The molecule has 0 aromatic rings. The van der Waals surface area contributed by atoms with Crippen molar-refractivity contribution < 1.29 is 0 Å². The topological polar surface area (TPSA) is 38.0 Å². The molecule has 0 saturated heterocycles. The van der Waals surface area contributed by atoms with Crippen molar-refractivity contribution in [3.8, 4) is 0 Å². The molecule has 0 aromatic carbocycles. The highest BCUT2D eigenvalue weighted by Crippen LogP contribution is 2.12. The van der Waals surface area contributed by atoms with Gasteiger partial charge in [-0.1, -0.05) is 136 Å². The summed E-state index contributed by atoms with van der Waals surface area (Å²) in [5, 5.41) is 3.70. The molecule has 1 atom stereocenters. The van der Waals surface area contributed by atoms with Crippen LogP contribution in [0.15, 0.2) is 0 Å². The van der Waals surface area contributed by atoms with E-state index < -0.39 is 0 Å². The summed E-state index contributed by atoms with van der Waals surface area (Å²) in [6.07, 6.45) is 29.6. The maximum Gasteiger partial charge on any atom is 0.0190 e. The van der Waals surface area contributed by atoms with Gasteiger partial charge in [0.05, 0.1) is 0 Å². The van der Waals surface area contributed by atoms with E-state index in [1.54, 1.807) is 0 Å². The molecule has 2 nitrogen and oxygen atoms in total. The van der Waals surface area contributed by atoms with Crippen LogP contribution in [0.5, 0.6) is 0 Å². The monoisotopic (exact) mass is 396 g/mol. The Hall–Kier alpha value is -0.0800. The fraction of sp³-hybridized carbons (Fsp3) is 1.00. The number of hydrogen-bond donors (Lipinski definition) is 2. The van der Waals surface area contributed by atoms with Crippen molar-refractivity contribution in [3.05, 3.63) is 0 Å². The first kappa shape index (κ1) is 27.9. The lowest BCUT2D eigenvalue weighted by atomic mass is 10.0. The number of unbranched alkanes of at least 4 members (excludes halogenated alkanes) is 18. The van der Waals surface area contributed by atoms with Crippen molar-refractivity contribution in [2.24, 2.45) is 5.73 Å². The van der Waals surface area contributed by atoms with E-state index in [-0.39, 0.29) is 0 Å². The largest absolute Gasteiger partial charge is 0.329 e. The van der Waals surface area contributed by atoms with Gasteiger partial charge < -0.3 is 11.1 Å². The maximum absolute atomic E-state index is 5.96. The number of hydrogen-bond acceptors (Lipinski definition) is 2. The van der Waals surface area contributed by atoms with Gasteiger partial charge in [-0.05, 0) is 19.4 Å². The number of nitrogens with two attached hydrogens (primary N) is 1. The normalized spacial score (nSPS) is 12.5. The summed E-state index contributed by atoms with van der Waals surface area (Å²) in [5.41, 5.74) is 5.96. The lowest BCUT2D eigenvalue weighted by molar-refractivity contribution is 0.446. The van der Waals surface area contributed by atoms with Gasteiger partial charge in [-0.2, -0.15) is 0 Å². The van der Waals surface area contributed by atoms with Crippen molar-refractivity contribution in [1.29, 1.82) is 0 Å². The number of rotatable bonds is 24. The summed E-state index contributed by atoms with van der Waals surface area (Å²) >= 11 is 0. The first-order valence-electron chi connectivity index (χ1n) is 13.3. The quantitative estimate of drug-likeness (QED) is 0.162. The van der Waals surface area contributed by atoms with E-state index in [2.05, 4.69) is 19.2 Å². The van der Waals surface area contributed by atoms with Crippen LogP contribution >= 0.6 is 0 Å². The van der Waals surface area contributed by atoms with E-state index in [4.69, 9.17) is 5.73 Å². The van der Waals surface area contributed by atoms with Crippen LogP contribution in [0.25, 0.3) is 0 Å². The zero-order chi connectivity index (χ0) is 20.5. The van der Waals surface area contributed by atoms with Crippen LogP contribution < -0.4 is 11.1 Å². The molecule has 0 aliphatic carbocycles. The average molecular weight is 397 g/mol. The van der Waals surface area contributed by atoms with E-state index >= 15 is 0 Å². The van der Waals surface area contributed by atoms with Crippen LogP contribution in [0.2, 0.25) is 0 Å². The Balaban J connectivity index is 3.27. The smallest absolute Gasteiger partial charge is 0.0190 e. The van der Waals surface area contributed by atoms with Gasteiger partial charge in [0.25, 0.3) is 0 Å². The molecule has 0 saturated carbocycles. The Morgan fingerprint density at radius 2 is 0.857 bits per heavy atom. The van der Waals surface area contributed by atoms with Crippen molar-refractivity contribution >= 4 is 0 Å². The fourth-order valence-corrected chi connectivity index (χ4v) is 4.10. The van der Waals surface area contributed by atoms with Gasteiger partial charge in [0.15, 0.2) is 0 Å². The Bertz CT molecular complexity index is 267. The zero-order valence-electron chi connectivity index (χ0n) is 19.9. The van der Waals surface area contributed by atoms with Gasteiger partial charge in [-0.15, -0.1) is 0 Å². The molecule has 0 aliphatic heterocycles. The molecule has 2 heteroatoms. The van der Waals surface area contributed by atoms with Crippen molar-refractivity contribution in [2.45, 2.75) is 155 Å². The molecular weight excluding hydrogens is 340 g/mol. The van der Waals surface area contributed by atoms with Crippen LogP contribution in [0, 0.1) is 0 Å². The minimum absolute atomic E-state index is 0.549. The molecule has 0 aliphatic rings. The molecule has 0 fully saturated rings. The summed E-state index contributed by atoms with van der Waals surface area (Å²) in [6.45, 7) is 6.55. The molecule has 170 valence electrons. The number of nitrogens with one attached hydrogen (secondary N) is 1. The molecule has 0 aromatic heterocycles. The van der Waals surface area contributed by atoms with Gasteiger partial charge in [-0.25, -0.2) is 0 Å². The van der Waals surface area contributed by atoms with Crippen molar-refractivity contribution in [1.82, 2.24) is 5.32 Å². The molecule has 0 amide bonds. The van der Waals surface area contributed by atoms with Crippen LogP contribution in [0.1, 0.15) is 149 Å². The highest BCUT2D eigenvalue weighted by molar-refractivity contribution is 4.67. The molecule has 28 heavy (non-hydrogen) atoms. The molecule has 0 spiro atoms. The van der Waals surface area contributed by atoms with Gasteiger partial charge in [-0.3, -0.25) is 0 Å². The minimum Gasteiger partial charge on any atom is -0.329 e. The zero-order valence-corrected chi connectivity index (χ0v) is 19.9.